The molecule has 0 saturated heterocycles. The first-order valence-electron chi connectivity index (χ1n) is 7.43. The Morgan fingerprint density at radius 1 is 1.10 bits per heavy atom. The Bertz CT molecular complexity index is 542. The highest BCUT2D eigenvalue weighted by Gasteiger charge is 2.28. The summed E-state index contributed by atoms with van der Waals surface area (Å²) in [6.07, 6.45) is 4.25. The van der Waals surface area contributed by atoms with Gasteiger partial charge >= 0.3 is 0 Å². The normalized spacial score (nSPS) is 19.2. The zero-order valence-electron chi connectivity index (χ0n) is 11.7. The minimum Gasteiger partial charge on any atom is -0.314 e. The molecule has 1 aromatic rings. The highest BCUT2D eigenvalue weighted by atomic mass is 32.2. The maximum atomic E-state index is 12.3. The summed E-state index contributed by atoms with van der Waals surface area (Å²) in [4.78, 5) is 0. The number of hydrogen-bond acceptors (Lipinski definition) is 3. The van der Waals surface area contributed by atoms with E-state index in [-0.39, 0.29) is 5.75 Å². The molecular weight excluding hydrogens is 272 g/mol. The summed E-state index contributed by atoms with van der Waals surface area (Å²) in [6, 6.07) is 8.69. The van der Waals surface area contributed by atoms with Crippen LogP contribution in [0.1, 0.15) is 36.8 Å². The number of rotatable bonds is 7. The predicted molar refractivity (Wildman–Crippen MR) is 79.7 cm³/mol. The standard InChI is InChI=1S/C15H22N2O2S/c18-20(19,10-4-3-9-16-15-7-8-15)17-11-13-5-1-2-6-14(13)12-17/h1-2,5-6,15-16H,3-4,7-12H2. The molecule has 0 radical (unpaired) electrons. The molecule has 1 saturated carbocycles. The van der Waals surface area contributed by atoms with E-state index in [1.54, 1.807) is 4.31 Å². The van der Waals surface area contributed by atoms with Crippen molar-refractivity contribution in [1.82, 2.24) is 9.62 Å². The van der Waals surface area contributed by atoms with Crippen molar-refractivity contribution in [2.75, 3.05) is 12.3 Å². The predicted octanol–water partition coefficient (Wildman–Crippen LogP) is 1.86. The first kappa shape index (κ1) is 14.0. The van der Waals surface area contributed by atoms with Crippen LogP contribution in [0.15, 0.2) is 24.3 Å². The molecule has 0 atom stereocenters. The van der Waals surface area contributed by atoms with Crippen LogP contribution in [0, 0.1) is 0 Å². The van der Waals surface area contributed by atoms with Crippen molar-refractivity contribution >= 4 is 10.0 Å². The van der Waals surface area contributed by atoms with Gasteiger partial charge in [-0.25, -0.2) is 8.42 Å². The van der Waals surface area contributed by atoms with Gasteiger partial charge in [-0.15, -0.1) is 0 Å². The highest BCUT2D eigenvalue weighted by Crippen LogP contribution is 2.25. The Balaban J connectivity index is 1.46. The first-order valence-corrected chi connectivity index (χ1v) is 9.04. The van der Waals surface area contributed by atoms with Gasteiger partial charge in [-0.3, -0.25) is 0 Å². The van der Waals surface area contributed by atoms with E-state index in [1.165, 1.54) is 12.8 Å². The van der Waals surface area contributed by atoms with Crippen LogP contribution in [0.5, 0.6) is 0 Å². The van der Waals surface area contributed by atoms with Crippen LogP contribution in [0.25, 0.3) is 0 Å². The number of unbranched alkanes of at least 4 members (excludes halogenated alkanes) is 1. The molecule has 110 valence electrons. The van der Waals surface area contributed by atoms with Crippen LogP contribution in [0.3, 0.4) is 0 Å². The summed E-state index contributed by atoms with van der Waals surface area (Å²) >= 11 is 0. The van der Waals surface area contributed by atoms with Crippen LogP contribution in [0.4, 0.5) is 0 Å². The summed E-state index contributed by atoms with van der Waals surface area (Å²) < 4.78 is 26.2. The molecule has 0 unspecified atom stereocenters. The van der Waals surface area contributed by atoms with Crippen LogP contribution in [-0.2, 0) is 23.1 Å². The van der Waals surface area contributed by atoms with Crippen LogP contribution >= 0.6 is 0 Å². The van der Waals surface area contributed by atoms with Gasteiger partial charge in [0.2, 0.25) is 10.0 Å². The number of benzene rings is 1. The molecule has 0 bridgehead atoms. The molecule has 1 aliphatic heterocycles. The zero-order chi connectivity index (χ0) is 14.0. The van der Waals surface area contributed by atoms with Gasteiger partial charge in [0.1, 0.15) is 0 Å². The molecule has 0 amide bonds. The number of hydrogen-bond donors (Lipinski definition) is 1. The minimum atomic E-state index is -3.11. The molecular formula is C15H22N2O2S. The van der Waals surface area contributed by atoms with E-state index >= 15 is 0 Å². The first-order chi connectivity index (χ1) is 9.65. The molecule has 0 spiro atoms. The molecule has 1 heterocycles. The molecule has 3 rings (SSSR count). The van der Waals surface area contributed by atoms with Gasteiger partial charge in [0, 0.05) is 19.1 Å². The molecule has 4 nitrogen and oxygen atoms in total. The summed E-state index contributed by atoms with van der Waals surface area (Å²) in [5.41, 5.74) is 2.29. The second kappa shape index (κ2) is 5.84. The monoisotopic (exact) mass is 294 g/mol. The molecule has 1 aliphatic carbocycles. The SMILES string of the molecule is O=S(=O)(CCCCNC1CC1)N1Cc2ccccc2C1. The molecule has 20 heavy (non-hydrogen) atoms. The summed E-state index contributed by atoms with van der Waals surface area (Å²) in [5, 5.41) is 3.42. The Morgan fingerprint density at radius 2 is 1.75 bits per heavy atom. The Morgan fingerprint density at radius 3 is 2.35 bits per heavy atom. The van der Waals surface area contributed by atoms with Gasteiger partial charge in [0.15, 0.2) is 0 Å². The topological polar surface area (TPSA) is 49.4 Å². The Kier molecular flexibility index (Phi) is 4.10. The lowest BCUT2D eigenvalue weighted by atomic mass is 10.1. The van der Waals surface area contributed by atoms with E-state index < -0.39 is 10.0 Å². The maximum absolute atomic E-state index is 12.3. The fourth-order valence-electron chi connectivity index (χ4n) is 2.63. The third kappa shape index (κ3) is 3.40. The summed E-state index contributed by atoms with van der Waals surface area (Å²) in [6.45, 7) is 2.03. The van der Waals surface area contributed by atoms with Crippen molar-refractivity contribution in [2.24, 2.45) is 0 Å². The summed E-state index contributed by atoms with van der Waals surface area (Å²) in [7, 11) is -3.11. The van der Waals surface area contributed by atoms with Crippen molar-refractivity contribution in [1.29, 1.82) is 0 Å². The molecule has 5 heteroatoms. The Labute approximate surface area is 121 Å². The molecule has 1 aromatic carbocycles. The molecule has 2 aliphatic rings. The van der Waals surface area contributed by atoms with Gasteiger partial charge in [-0.2, -0.15) is 4.31 Å². The molecule has 1 N–H and O–H groups in total. The van der Waals surface area contributed by atoms with E-state index in [2.05, 4.69) is 5.32 Å². The third-order valence-electron chi connectivity index (χ3n) is 4.04. The van der Waals surface area contributed by atoms with Crippen LogP contribution in [-0.4, -0.2) is 31.1 Å². The number of nitrogens with one attached hydrogen (secondary N) is 1. The fourth-order valence-corrected chi connectivity index (χ4v) is 4.13. The van der Waals surface area contributed by atoms with Gasteiger partial charge in [-0.05, 0) is 43.4 Å². The smallest absolute Gasteiger partial charge is 0.214 e. The van der Waals surface area contributed by atoms with E-state index in [4.69, 9.17) is 0 Å². The van der Waals surface area contributed by atoms with Crippen molar-refractivity contribution in [3.05, 3.63) is 35.4 Å². The van der Waals surface area contributed by atoms with Gasteiger partial charge < -0.3 is 5.32 Å². The minimum absolute atomic E-state index is 0.271. The number of nitrogens with zero attached hydrogens (tertiary/aromatic N) is 1. The second-order valence-corrected chi connectivity index (χ2v) is 7.88. The van der Waals surface area contributed by atoms with Crippen LogP contribution in [0.2, 0.25) is 0 Å². The van der Waals surface area contributed by atoms with Crippen molar-refractivity contribution in [2.45, 2.75) is 44.8 Å². The fraction of sp³-hybridized carbons (Fsp3) is 0.600. The molecule has 1 fully saturated rings. The van der Waals surface area contributed by atoms with Gasteiger partial charge in [0.05, 0.1) is 5.75 Å². The van der Waals surface area contributed by atoms with Crippen molar-refractivity contribution < 1.29 is 8.42 Å². The highest BCUT2D eigenvalue weighted by molar-refractivity contribution is 7.89. The van der Waals surface area contributed by atoms with E-state index in [0.29, 0.717) is 19.1 Å². The van der Waals surface area contributed by atoms with E-state index in [0.717, 1.165) is 30.5 Å². The van der Waals surface area contributed by atoms with Crippen molar-refractivity contribution in [3.63, 3.8) is 0 Å². The Hall–Kier alpha value is -0.910. The average molecular weight is 294 g/mol. The largest absolute Gasteiger partial charge is 0.314 e. The number of fused-ring (bicyclic) bond motifs is 1. The van der Waals surface area contributed by atoms with Gasteiger partial charge in [-0.1, -0.05) is 24.3 Å². The van der Waals surface area contributed by atoms with E-state index in [9.17, 15) is 8.42 Å². The zero-order valence-corrected chi connectivity index (χ0v) is 12.5. The van der Waals surface area contributed by atoms with E-state index in [1.807, 2.05) is 24.3 Å². The number of sulfonamides is 1. The van der Waals surface area contributed by atoms with Gasteiger partial charge in [0.25, 0.3) is 0 Å². The quantitative estimate of drug-likeness (QED) is 0.781. The van der Waals surface area contributed by atoms with Crippen LogP contribution < -0.4 is 5.32 Å². The lowest BCUT2D eigenvalue weighted by Gasteiger charge is -2.15. The average Bonchev–Trinajstić information content (AvgIpc) is 3.14. The lowest BCUT2D eigenvalue weighted by molar-refractivity contribution is 0.430. The summed E-state index contributed by atoms with van der Waals surface area (Å²) in [5.74, 6) is 0.271. The lowest BCUT2D eigenvalue weighted by Crippen LogP contribution is -2.28. The molecule has 0 aromatic heterocycles. The second-order valence-electron chi connectivity index (χ2n) is 5.79. The maximum Gasteiger partial charge on any atom is 0.214 e. The third-order valence-corrected chi connectivity index (χ3v) is 5.89. The van der Waals surface area contributed by atoms with Crippen molar-refractivity contribution in [3.8, 4) is 0 Å².